The molecule has 0 amide bonds. The van der Waals surface area contributed by atoms with Gasteiger partial charge in [-0.15, -0.1) is 11.8 Å². The maximum atomic E-state index is 13.3. The molecule has 0 unspecified atom stereocenters. The molecule has 0 bridgehead atoms. The van der Waals surface area contributed by atoms with E-state index in [2.05, 4.69) is 13.0 Å². The minimum atomic E-state index is -0.352. The van der Waals surface area contributed by atoms with Crippen LogP contribution in [-0.4, -0.2) is 0 Å². The summed E-state index contributed by atoms with van der Waals surface area (Å²) in [5.41, 5.74) is 2.41. The highest BCUT2D eigenvalue weighted by atomic mass is 32.2. The summed E-state index contributed by atoms with van der Waals surface area (Å²) in [5, 5.41) is 8.79. The van der Waals surface area contributed by atoms with Gasteiger partial charge in [0.05, 0.1) is 11.6 Å². The van der Waals surface area contributed by atoms with Crippen LogP contribution in [-0.2, 0) is 5.75 Å². The Morgan fingerprint density at radius 1 is 1.22 bits per heavy atom. The number of rotatable bonds is 3. The topological polar surface area (TPSA) is 23.8 Å². The molecule has 0 radical (unpaired) electrons. The average Bonchev–Trinajstić information content (AvgIpc) is 2.37. The zero-order chi connectivity index (χ0) is 13.0. The zero-order valence-electron chi connectivity index (χ0n) is 9.98. The third-order valence-electron chi connectivity index (χ3n) is 2.57. The van der Waals surface area contributed by atoms with E-state index >= 15 is 0 Å². The van der Waals surface area contributed by atoms with Crippen molar-refractivity contribution in [3.63, 3.8) is 0 Å². The van der Waals surface area contributed by atoms with Crippen LogP contribution in [0.5, 0.6) is 0 Å². The Morgan fingerprint density at radius 3 is 2.72 bits per heavy atom. The van der Waals surface area contributed by atoms with Crippen LogP contribution in [0.3, 0.4) is 0 Å². The normalized spacial score (nSPS) is 10.1. The molecule has 18 heavy (non-hydrogen) atoms. The lowest BCUT2D eigenvalue weighted by Gasteiger charge is -2.05. The van der Waals surface area contributed by atoms with Crippen LogP contribution >= 0.6 is 11.8 Å². The number of hydrogen-bond acceptors (Lipinski definition) is 2. The van der Waals surface area contributed by atoms with Gasteiger partial charge in [-0.2, -0.15) is 5.26 Å². The van der Waals surface area contributed by atoms with Crippen LogP contribution < -0.4 is 0 Å². The summed E-state index contributed by atoms with van der Waals surface area (Å²) < 4.78 is 13.3. The first kappa shape index (κ1) is 12.7. The lowest BCUT2D eigenvalue weighted by molar-refractivity contribution is 0.626. The summed E-state index contributed by atoms with van der Waals surface area (Å²) in [4.78, 5) is 1.18. The minimum absolute atomic E-state index is 0.352. The van der Waals surface area contributed by atoms with Crippen molar-refractivity contribution in [1.29, 1.82) is 5.26 Å². The van der Waals surface area contributed by atoms with Crippen LogP contribution in [0, 0.1) is 24.1 Å². The van der Waals surface area contributed by atoms with Crippen LogP contribution in [0.25, 0.3) is 0 Å². The van der Waals surface area contributed by atoms with Crippen molar-refractivity contribution in [2.24, 2.45) is 0 Å². The first-order chi connectivity index (χ1) is 8.69. The Kier molecular flexibility index (Phi) is 4.01. The summed E-state index contributed by atoms with van der Waals surface area (Å²) in [5.74, 6) is 0.312. The number of benzene rings is 2. The number of aryl methyl sites for hydroxylation is 1. The third kappa shape index (κ3) is 3.12. The highest BCUT2D eigenvalue weighted by molar-refractivity contribution is 7.98. The van der Waals surface area contributed by atoms with Gasteiger partial charge in [0.25, 0.3) is 0 Å². The Labute approximate surface area is 110 Å². The number of nitriles is 1. The predicted octanol–water partition coefficient (Wildman–Crippen LogP) is 4.30. The largest absolute Gasteiger partial charge is 0.207 e. The summed E-state index contributed by atoms with van der Waals surface area (Å²) in [6.07, 6.45) is 0. The third-order valence-corrected chi connectivity index (χ3v) is 3.82. The molecule has 0 fully saturated rings. The Hall–Kier alpha value is -1.79. The van der Waals surface area contributed by atoms with Crippen molar-refractivity contribution in [3.05, 3.63) is 65.0 Å². The van der Waals surface area contributed by atoms with Crippen LogP contribution in [0.1, 0.15) is 16.7 Å². The minimum Gasteiger partial charge on any atom is -0.207 e. The van der Waals surface area contributed by atoms with Gasteiger partial charge in [-0.3, -0.25) is 0 Å². The SMILES string of the molecule is Cc1ccccc1SCc1cc(F)cc(C#N)c1. The molecule has 0 heterocycles. The molecule has 0 saturated heterocycles. The van der Waals surface area contributed by atoms with E-state index in [1.54, 1.807) is 17.8 Å². The molecule has 0 N–H and O–H groups in total. The second-order valence-electron chi connectivity index (χ2n) is 4.01. The van der Waals surface area contributed by atoms with Crippen molar-refractivity contribution >= 4 is 11.8 Å². The molecule has 90 valence electrons. The van der Waals surface area contributed by atoms with Gasteiger partial charge in [0, 0.05) is 10.6 Å². The molecular weight excluding hydrogens is 245 g/mol. The van der Waals surface area contributed by atoms with E-state index in [0.29, 0.717) is 11.3 Å². The second kappa shape index (κ2) is 5.70. The van der Waals surface area contributed by atoms with Crippen molar-refractivity contribution in [1.82, 2.24) is 0 Å². The number of halogens is 1. The molecule has 0 aliphatic heterocycles. The highest BCUT2D eigenvalue weighted by Crippen LogP contribution is 2.26. The lowest BCUT2D eigenvalue weighted by atomic mass is 10.1. The fourth-order valence-corrected chi connectivity index (χ4v) is 2.64. The molecule has 0 atom stereocenters. The first-order valence-electron chi connectivity index (χ1n) is 5.57. The molecule has 2 aromatic carbocycles. The molecule has 2 rings (SSSR count). The van der Waals surface area contributed by atoms with Gasteiger partial charge in [-0.05, 0) is 42.3 Å². The van der Waals surface area contributed by atoms with Gasteiger partial charge in [-0.25, -0.2) is 4.39 Å². The predicted molar refractivity (Wildman–Crippen MR) is 71.9 cm³/mol. The van der Waals surface area contributed by atoms with Crippen LogP contribution in [0.2, 0.25) is 0 Å². The van der Waals surface area contributed by atoms with Crippen molar-refractivity contribution < 1.29 is 4.39 Å². The van der Waals surface area contributed by atoms with Gasteiger partial charge >= 0.3 is 0 Å². The Balaban J connectivity index is 2.14. The van der Waals surface area contributed by atoms with Gasteiger partial charge in [-0.1, -0.05) is 18.2 Å². The fourth-order valence-electron chi connectivity index (χ4n) is 1.68. The van der Waals surface area contributed by atoms with Crippen molar-refractivity contribution in [2.75, 3.05) is 0 Å². The molecule has 0 saturated carbocycles. The monoisotopic (exact) mass is 257 g/mol. The summed E-state index contributed by atoms with van der Waals surface area (Å²) in [7, 11) is 0. The van der Waals surface area contributed by atoms with E-state index in [-0.39, 0.29) is 5.82 Å². The molecule has 2 aromatic rings. The van der Waals surface area contributed by atoms with Crippen LogP contribution in [0.4, 0.5) is 4.39 Å². The molecule has 0 aliphatic carbocycles. The van der Waals surface area contributed by atoms with E-state index in [1.807, 2.05) is 24.3 Å². The van der Waals surface area contributed by atoms with E-state index in [9.17, 15) is 4.39 Å². The van der Waals surface area contributed by atoms with Gasteiger partial charge < -0.3 is 0 Å². The number of nitrogens with zero attached hydrogens (tertiary/aromatic N) is 1. The van der Waals surface area contributed by atoms with Crippen molar-refractivity contribution in [2.45, 2.75) is 17.6 Å². The molecule has 1 nitrogen and oxygen atoms in total. The maximum absolute atomic E-state index is 13.3. The van der Waals surface area contributed by atoms with Gasteiger partial charge in [0.1, 0.15) is 5.82 Å². The molecule has 0 aliphatic rings. The van der Waals surface area contributed by atoms with E-state index < -0.39 is 0 Å². The lowest BCUT2D eigenvalue weighted by Crippen LogP contribution is -1.87. The quantitative estimate of drug-likeness (QED) is 0.765. The van der Waals surface area contributed by atoms with Gasteiger partial charge in [0.15, 0.2) is 0 Å². The standard InChI is InChI=1S/C15H12FNS/c1-11-4-2-3-5-15(11)18-10-13-6-12(9-17)7-14(16)8-13/h2-8H,10H2,1H3. The zero-order valence-corrected chi connectivity index (χ0v) is 10.8. The van der Waals surface area contributed by atoms with E-state index in [4.69, 9.17) is 5.26 Å². The van der Waals surface area contributed by atoms with E-state index in [0.717, 1.165) is 5.56 Å². The van der Waals surface area contributed by atoms with Crippen molar-refractivity contribution in [3.8, 4) is 6.07 Å². The van der Waals surface area contributed by atoms with Crippen LogP contribution in [0.15, 0.2) is 47.4 Å². The van der Waals surface area contributed by atoms with Gasteiger partial charge in [0.2, 0.25) is 0 Å². The fraction of sp³-hybridized carbons (Fsp3) is 0.133. The Bertz CT molecular complexity index is 602. The summed E-state index contributed by atoms with van der Waals surface area (Å²) >= 11 is 1.65. The first-order valence-corrected chi connectivity index (χ1v) is 6.55. The summed E-state index contributed by atoms with van der Waals surface area (Å²) in [6, 6.07) is 14.5. The molecule has 0 spiro atoms. The Morgan fingerprint density at radius 2 is 2.00 bits per heavy atom. The highest BCUT2D eigenvalue weighted by Gasteiger charge is 2.03. The number of thioether (sulfide) groups is 1. The van der Waals surface area contributed by atoms with E-state index in [1.165, 1.54) is 22.6 Å². The molecule has 3 heteroatoms. The summed E-state index contributed by atoms with van der Waals surface area (Å²) in [6.45, 7) is 2.05. The second-order valence-corrected chi connectivity index (χ2v) is 5.03. The number of hydrogen-bond donors (Lipinski definition) is 0. The maximum Gasteiger partial charge on any atom is 0.124 e. The smallest absolute Gasteiger partial charge is 0.124 e. The average molecular weight is 257 g/mol. The molecular formula is C15H12FNS. The molecule has 0 aromatic heterocycles.